The number of hydrogen-bond donors (Lipinski definition) is 0. The standard InChI is InChI=1S/C23H34O5/c1-6-8-9-10-11-15-20-23(4,18(3)21(24)28-20)22(25)27-17-19(13-7-2)14-12-16-26-5/h7,12-14,16,20H,3,6,8-11,15,17H2,1-2,4-5H3/b13-7-,16-12+,19-14+/t20?,23-/m0/s1. The Balaban J connectivity index is 2.79. The number of unbranched alkanes of at least 4 members (excludes halogenated alkanes) is 4. The Kier molecular flexibility index (Phi) is 10.4. The van der Waals surface area contributed by atoms with Gasteiger partial charge in [0.1, 0.15) is 18.1 Å². The number of esters is 2. The Bertz CT molecular complexity index is 629. The molecule has 156 valence electrons. The molecule has 1 aliphatic heterocycles. The second kappa shape index (κ2) is 12.2. The summed E-state index contributed by atoms with van der Waals surface area (Å²) in [5, 5.41) is 0. The van der Waals surface area contributed by atoms with Crippen molar-refractivity contribution in [3.8, 4) is 0 Å². The van der Waals surface area contributed by atoms with Gasteiger partial charge in [0.2, 0.25) is 0 Å². The molecule has 1 aliphatic rings. The van der Waals surface area contributed by atoms with Crippen LogP contribution in [0.3, 0.4) is 0 Å². The maximum atomic E-state index is 12.9. The first-order chi connectivity index (χ1) is 13.4. The van der Waals surface area contributed by atoms with Crippen molar-refractivity contribution in [2.75, 3.05) is 13.7 Å². The number of hydrogen-bond acceptors (Lipinski definition) is 5. The highest BCUT2D eigenvalue weighted by Crippen LogP contribution is 2.42. The van der Waals surface area contributed by atoms with Gasteiger partial charge in [-0.05, 0) is 38.3 Å². The quantitative estimate of drug-likeness (QED) is 0.154. The van der Waals surface area contributed by atoms with Crippen molar-refractivity contribution >= 4 is 11.9 Å². The Morgan fingerprint density at radius 1 is 1.29 bits per heavy atom. The molecule has 1 heterocycles. The minimum atomic E-state index is -1.15. The first-order valence-corrected chi connectivity index (χ1v) is 10.0. The van der Waals surface area contributed by atoms with Crippen molar-refractivity contribution in [2.45, 2.75) is 65.4 Å². The van der Waals surface area contributed by atoms with E-state index < -0.39 is 23.5 Å². The Morgan fingerprint density at radius 3 is 2.64 bits per heavy atom. The van der Waals surface area contributed by atoms with Gasteiger partial charge in [0.15, 0.2) is 0 Å². The van der Waals surface area contributed by atoms with Crippen LogP contribution < -0.4 is 0 Å². The van der Waals surface area contributed by atoms with Crippen molar-refractivity contribution < 1.29 is 23.8 Å². The number of methoxy groups -OCH3 is 1. The monoisotopic (exact) mass is 390 g/mol. The zero-order chi connectivity index (χ0) is 21.0. The predicted molar refractivity (Wildman–Crippen MR) is 111 cm³/mol. The van der Waals surface area contributed by atoms with Gasteiger partial charge in [-0.1, -0.05) is 57.4 Å². The topological polar surface area (TPSA) is 61.8 Å². The largest absolute Gasteiger partial charge is 0.504 e. The van der Waals surface area contributed by atoms with E-state index in [2.05, 4.69) is 13.5 Å². The van der Waals surface area contributed by atoms with E-state index >= 15 is 0 Å². The van der Waals surface area contributed by atoms with Crippen molar-refractivity contribution in [3.05, 3.63) is 48.3 Å². The van der Waals surface area contributed by atoms with Crippen LogP contribution in [-0.2, 0) is 23.8 Å². The van der Waals surface area contributed by atoms with Crippen molar-refractivity contribution in [3.63, 3.8) is 0 Å². The van der Waals surface area contributed by atoms with E-state index in [4.69, 9.17) is 14.2 Å². The van der Waals surface area contributed by atoms with Gasteiger partial charge in [0, 0.05) is 0 Å². The molecule has 1 unspecified atom stereocenters. The number of rotatable bonds is 12. The molecule has 2 atom stereocenters. The minimum absolute atomic E-state index is 0.0948. The van der Waals surface area contributed by atoms with E-state index in [0.717, 1.165) is 24.8 Å². The molecule has 0 aromatic carbocycles. The molecule has 28 heavy (non-hydrogen) atoms. The molecule has 0 aliphatic carbocycles. The lowest BCUT2D eigenvalue weighted by Gasteiger charge is -2.27. The lowest BCUT2D eigenvalue weighted by atomic mass is 9.78. The molecule has 0 spiro atoms. The Morgan fingerprint density at radius 2 is 2.00 bits per heavy atom. The summed E-state index contributed by atoms with van der Waals surface area (Å²) in [6, 6.07) is 0. The molecular formula is C23H34O5. The fourth-order valence-corrected chi connectivity index (χ4v) is 3.17. The number of cyclic esters (lactones) is 1. The average Bonchev–Trinajstić information content (AvgIpc) is 2.90. The average molecular weight is 391 g/mol. The van der Waals surface area contributed by atoms with Crippen LogP contribution in [-0.4, -0.2) is 31.8 Å². The van der Waals surface area contributed by atoms with Crippen molar-refractivity contribution in [1.82, 2.24) is 0 Å². The van der Waals surface area contributed by atoms with Gasteiger partial charge in [-0.15, -0.1) is 0 Å². The summed E-state index contributed by atoms with van der Waals surface area (Å²) in [5.74, 6) is -0.988. The van der Waals surface area contributed by atoms with Crippen molar-refractivity contribution in [2.24, 2.45) is 5.41 Å². The van der Waals surface area contributed by atoms with Gasteiger partial charge in [0.25, 0.3) is 0 Å². The van der Waals surface area contributed by atoms with Crippen LogP contribution in [0.25, 0.3) is 0 Å². The second-order valence-corrected chi connectivity index (χ2v) is 7.16. The summed E-state index contributed by atoms with van der Waals surface area (Å²) in [5.41, 5.74) is -0.169. The first-order valence-electron chi connectivity index (χ1n) is 10.0. The molecule has 0 radical (unpaired) electrons. The summed E-state index contributed by atoms with van der Waals surface area (Å²) in [7, 11) is 1.56. The van der Waals surface area contributed by atoms with E-state index in [0.29, 0.717) is 6.42 Å². The van der Waals surface area contributed by atoms with E-state index in [-0.39, 0.29) is 12.2 Å². The minimum Gasteiger partial charge on any atom is -0.504 e. The summed E-state index contributed by atoms with van der Waals surface area (Å²) < 4.78 is 15.9. The molecule has 0 bridgehead atoms. The molecule has 0 amide bonds. The lowest BCUT2D eigenvalue weighted by molar-refractivity contribution is -0.156. The highest BCUT2D eigenvalue weighted by Gasteiger charge is 2.55. The third-order valence-electron chi connectivity index (χ3n) is 5.04. The predicted octanol–water partition coefficient (Wildman–Crippen LogP) is 5.04. The fourth-order valence-electron chi connectivity index (χ4n) is 3.17. The van der Waals surface area contributed by atoms with E-state index in [1.54, 1.807) is 26.2 Å². The maximum absolute atomic E-state index is 12.9. The molecule has 0 aromatic rings. The normalized spacial score (nSPS) is 22.9. The first kappa shape index (κ1) is 23.7. The molecular weight excluding hydrogens is 356 g/mol. The summed E-state index contributed by atoms with van der Waals surface area (Å²) in [4.78, 5) is 25.0. The van der Waals surface area contributed by atoms with Gasteiger partial charge in [-0.25, -0.2) is 4.79 Å². The van der Waals surface area contributed by atoms with Gasteiger partial charge in [-0.2, -0.15) is 0 Å². The van der Waals surface area contributed by atoms with Crippen LogP contribution in [0.5, 0.6) is 0 Å². The van der Waals surface area contributed by atoms with E-state index in [1.165, 1.54) is 19.1 Å². The number of allylic oxidation sites excluding steroid dienone is 3. The summed E-state index contributed by atoms with van der Waals surface area (Å²) in [6.07, 6.45) is 14.3. The molecule has 1 saturated heterocycles. The van der Waals surface area contributed by atoms with Crippen LogP contribution >= 0.6 is 0 Å². The number of carbonyl (C=O) groups excluding carboxylic acids is 2. The lowest BCUT2D eigenvalue weighted by Crippen LogP contribution is -2.39. The highest BCUT2D eigenvalue weighted by molar-refractivity contribution is 6.00. The summed E-state index contributed by atoms with van der Waals surface area (Å²) >= 11 is 0. The highest BCUT2D eigenvalue weighted by atomic mass is 16.6. The van der Waals surface area contributed by atoms with Crippen LogP contribution in [0.1, 0.15) is 59.3 Å². The van der Waals surface area contributed by atoms with Gasteiger partial charge < -0.3 is 14.2 Å². The van der Waals surface area contributed by atoms with Gasteiger partial charge in [-0.3, -0.25) is 4.79 Å². The maximum Gasteiger partial charge on any atom is 0.335 e. The molecule has 5 heteroatoms. The zero-order valence-corrected chi connectivity index (χ0v) is 17.7. The molecule has 0 N–H and O–H groups in total. The number of carbonyl (C=O) groups is 2. The SMILES string of the molecule is C=C1C(=O)OC(CCCCCCC)[C@@]1(C)C(=O)OCC(/C=C\C)=C/C=C/OC. The fraction of sp³-hybridized carbons (Fsp3) is 0.565. The van der Waals surface area contributed by atoms with Crippen LogP contribution in [0, 0.1) is 5.41 Å². The third kappa shape index (κ3) is 6.39. The summed E-state index contributed by atoms with van der Waals surface area (Å²) in [6.45, 7) is 9.65. The van der Waals surface area contributed by atoms with E-state index in [9.17, 15) is 9.59 Å². The molecule has 0 aromatic heterocycles. The molecule has 5 nitrogen and oxygen atoms in total. The number of ether oxygens (including phenoxy) is 3. The van der Waals surface area contributed by atoms with Gasteiger partial charge in [0.05, 0.1) is 18.9 Å². The second-order valence-electron chi connectivity index (χ2n) is 7.16. The van der Waals surface area contributed by atoms with Crippen LogP contribution in [0.15, 0.2) is 48.3 Å². The zero-order valence-electron chi connectivity index (χ0n) is 17.7. The van der Waals surface area contributed by atoms with Crippen LogP contribution in [0.4, 0.5) is 0 Å². The van der Waals surface area contributed by atoms with Crippen molar-refractivity contribution in [1.29, 1.82) is 0 Å². The Hall–Kier alpha value is -2.30. The third-order valence-corrected chi connectivity index (χ3v) is 5.04. The Labute approximate surface area is 169 Å². The molecule has 1 rings (SSSR count). The smallest absolute Gasteiger partial charge is 0.335 e. The van der Waals surface area contributed by atoms with Crippen LogP contribution in [0.2, 0.25) is 0 Å². The molecule has 1 fully saturated rings. The van der Waals surface area contributed by atoms with E-state index in [1.807, 2.05) is 19.1 Å². The molecule has 0 saturated carbocycles. The van der Waals surface area contributed by atoms with Gasteiger partial charge >= 0.3 is 11.9 Å².